The summed E-state index contributed by atoms with van der Waals surface area (Å²) in [7, 11) is -4.84. The number of carbonyl (C=O) groups excluding carboxylic acids is 1. The Kier molecular flexibility index (Phi) is 5.84. The van der Waals surface area contributed by atoms with E-state index in [0.29, 0.717) is 0 Å². The summed E-state index contributed by atoms with van der Waals surface area (Å²) in [6, 6.07) is 9.76. The highest BCUT2D eigenvalue weighted by molar-refractivity contribution is 7.98. The molecule has 0 unspecified atom stereocenters. The van der Waals surface area contributed by atoms with Crippen LogP contribution in [0.3, 0.4) is 0 Å². The molecule has 0 aliphatic heterocycles. The Labute approximate surface area is 147 Å². The molecular formula is C15H12ClF2NO3S2. The summed E-state index contributed by atoms with van der Waals surface area (Å²) in [5, 5.41) is 2.50. The number of para-hydroxylation sites is 1. The standard InChI is InChI=1S/C15H12ClF2NO3S2/c1-23-9-6-7-11(16)10(8-9)14(20)19-12-4-2-3-5-13(12)24(21,22)15(17)18/h2-8,15H,1H3,(H,19,20). The first-order valence-corrected chi connectivity index (χ1v) is 9.68. The van der Waals surface area contributed by atoms with Gasteiger partial charge >= 0.3 is 5.76 Å². The van der Waals surface area contributed by atoms with Crippen LogP contribution in [-0.4, -0.2) is 26.3 Å². The molecule has 24 heavy (non-hydrogen) atoms. The Morgan fingerprint density at radius 2 is 1.88 bits per heavy atom. The van der Waals surface area contributed by atoms with Crippen LogP contribution >= 0.6 is 23.4 Å². The van der Waals surface area contributed by atoms with Crippen LogP contribution in [0.2, 0.25) is 5.02 Å². The molecule has 0 aromatic heterocycles. The number of carbonyl (C=O) groups is 1. The Morgan fingerprint density at radius 3 is 2.50 bits per heavy atom. The number of halogens is 3. The van der Waals surface area contributed by atoms with Gasteiger partial charge in [0.1, 0.15) is 0 Å². The molecule has 128 valence electrons. The molecule has 9 heteroatoms. The largest absolute Gasteiger partial charge is 0.341 e. The minimum Gasteiger partial charge on any atom is -0.321 e. The maximum atomic E-state index is 12.8. The lowest BCUT2D eigenvalue weighted by Crippen LogP contribution is -2.18. The van der Waals surface area contributed by atoms with Gasteiger partial charge in [0.25, 0.3) is 5.91 Å². The van der Waals surface area contributed by atoms with E-state index in [1.165, 1.54) is 42.1 Å². The van der Waals surface area contributed by atoms with Crippen LogP contribution in [0.4, 0.5) is 14.5 Å². The molecule has 0 heterocycles. The molecule has 0 saturated carbocycles. The normalized spacial score (nSPS) is 11.5. The summed E-state index contributed by atoms with van der Waals surface area (Å²) in [5.41, 5.74) is -0.110. The first kappa shape index (κ1) is 18.7. The molecule has 0 bridgehead atoms. The van der Waals surface area contributed by atoms with E-state index < -0.39 is 26.4 Å². The summed E-state index contributed by atoms with van der Waals surface area (Å²) in [4.78, 5) is 12.5. The topological polar surface area (TPSA) is 63.2 Å². The van der Waals surface area contributed by atoms with Crippen LogP contribution in [0, 0.1) is 0 Å². The third kappa shape index (κ3) is 3.88. The Morgan fingerprint density at radius 1 is 1.21 bits per heavy atom. The van der Waals surface area contributed by atoms with Crippen molar-refractivity contribution < 1.29 is 22.0 Å². The van der Waals surface area contributed by atoms with Crippen molar-refractivity contribution in [3.63, 3.8) is 0 Å². The van der Waals surface area contributed by atoms with Gasteiger partial charge in [-0.3, -0.25) is 4.79 Å². The smallest absolute Gasteiger partial charge is 0.321 e. The number of amides is 1. The van der Waals surface area contributed by atoms with Crippen molar-refractivity contribution in [1.29, 1.82) is 0 Å². The Bertz CT molecular complexity index is 873. The lowest BCUT2D eigenvalue weighted by Gasteiger charge is -2.12. The number of benzene rings is 2. The van der Waals surface area contributed by atoms with Crippen LogP contribution in [0.5, 0.6) is 0 Å². The van der Waals surface area contributed by atoms with Crippen molar-refractivity contribution >= 4 is 44.8 Å². The quantitative estimate of drug-likeness (QED) is 0.771. The summed E-state index contributed by atoms with van der Waals surface area (Å²) in [5.74, 6) is -4.27. The SMILES string of the molecule is CSc1ccc(Cl)c(C(=O)Nc2ccccc2S(=O)(=O)C(F)F)c1. The van der Waals surface area contributed by atoms with Gasteiger partial charge in [-0.1, -0.05) is 23.7 Å². The van der Waals surface area contributed by atoms with E-state index in [-0.39, 0.29) is 16.3 Å². The van der Waals surface area contributed by atoms with E-state index in [1.807, 2.05) is 6.26 Å². The number of thioether (sulfide) groups is 1. The van der Waals surface area contributed by atoms with Gasteiger partial charge in [0, 0.05) is 4.90 Å². The number of hydrogen-bond acceptors (Lipinski definition) is 4. The molecule has 1 amide bonds. The van der Waals surface area contributed by atoms with Crippen LogP contribution in [-0.2, 0) is 9.84 Å². The zero-order valence-electron chi connectivity index (χ0n) is 12.3. The highest BCUT2D eigenvalue weighted by Gasteiger charge is 2.29. The zero-order chi connectivity index (χ0) is 17.9. The average Bonchev–Trinajstić information content (AvgIpc) is 2.55. The second kappa shape index (κ2) is 7.50. The number of sulfone groups is 1. The van der Waals surface area contributed by atoms with Crippen LogP contribution < -0.4 is 5.32 Å². The molecule has 0 aliphatic carbocycles. The summed E-state index contributed by atoms with van der Waals surface area (Å²) < 4.78 is 49.0. The first-order valence-electron chi connectivity index (χ1n) is 6.53. The predicted octanol–water partition coefficient (Wildman–Crippen LogP) is 4.31. The van der Waals surface area contributed by atoms with Crippen LogP contribution in [0.25, 0.3) is 0 Å². The van der Waals surface area contributed by atoms with E-state index in [1.54, 1.807) is 6.07 Å². The lowest BCUT2D eigenvalue weighted by atomic mass is 10.2. The number of rotatable bonds is 5. The van der Waals surface area contributed by atoms with E-state index in [4.69, 9.17) is 11.6 Å². The molecule has 4 nitrogen and oxygen atoms in total. The van der Waals surface area contributed by atoms with E-state index >= 15 is 0 Å². The van der Waals surface area contributed by atoms with Gasteiger partial charge in [0.15, 0.2) is 0 Å². The summed E-state index contributed by atoms with van der Waals surface area (Å²) >= 11 is 7.38. The number of nitrogens with one attached hydrogen (secondary N) is 1. The van der Waals surface area contributed by atoms with Gasteiger partial charge in [-0.05, 0) is 36.6 Å². The fraction of sp³-hybridized carbons (Fsp3) is 0.133. The molecule has 0 atom stereocenters. The molecule has 0 aliphatic rings. The van der Waals surface area contributed by atoms with Gasteiger partial charge in [-0.25, -0.2) is 8.42 Å². The third-order valence-corrected chi connectivity index (χ3v) is 5.59. The van der Waals surface area contributed by atoms with Crippen molar-refractivity contribution in [2.45, 2.75) is 15.5 Å². The van der Waals surface area contributed by atoms with Crippen LogP contribution in [0.15, 0.2) is 52.3 Å². The minimum absolute atomic E-state index is 0.118. The monoisotopic (exact) mass is 391 g/mol. The minimum atomic E-state index is -4.84. The molecule has 0 fully saturated rings. The second-order valence-electron chi connectivity index (χ2n) is 4.60. The van der Waals surface area contributed by atoms with Gasteiger partial charge in [0.2, 0.25) is 9.84 Å². The van der Waals surface area contributed by atoms with Crippen molar-refractivity contribution in [2.24, 2.45) is 0 Å². The van der Waals surface area contributed by atoms with Crippen molar-refractivity contribution in [3.05, 3.63) is 53.1 Å². The molecule has 1 N–H and O–H groups in total. The van der Waals surface area contributed by atoms with Gasteiger partial charge < -0.3 is 5.32 Å². The summed E-state index contributed by atoms with van der Waals surface area (Å²) in [6.07, 6.45) is 1.81. The number of anilines is 1. The maximum absolute atomic E-state index is 12.8. The highest BCUT2D eigenvalue weighted by Crippen LogP contribution is 2.28. The van der Waals surface area contributed by atoms with Crippen LogP contribution in [0.1, 0.15) is 10.4 Å². The first-order chi connectivity index (χ1) is 11.3. The second-order valence-corrected chi connectivity index (χ2v) is 7.77. The summed E-state index contributed by atoms with van der Waals surface area (Å²) in [6.45, 7) is 0. The fourth-order valence-electron chi connectivity index (χ4n) is 1.91. The Hall–Kier alpha value is -1.64. The average molecular weight is 392 g/mol. The van der Waals surface area contributed by atoms with Crippen molar-refractivity contribution in [3.8, 4) is 0 Å². The molecule has 2 aromatic carbocycles. The predicted molar refractivity (Wildman–Crippen MR) is 90.8 cm³/mol. The lowest BCUT2D eigenvalue weighted by molar-refractivity contribution is 0.102. The molecule has 0 spiro atoms. The fourth-order valence-corrected chi connectivity index (χ4v) is 3.44. The van der Waals surface area contributed by atoms with Crippen molar-refractivity contribution in [1.82, 2.24) is 0 Å². The number of alkyl halides is 2. The molecule has 2 aromatic rings. The number of hydrogen-bond donors (Lipinski definition) is 1. The zero-order valence-corrected chi connectivity index (χ0v) is 14.7. The van der Waals surface area contributed by atoms with Gasteiger partial charge in [-0.15, -0.1) is 11.8 Å². The van der Waals surface area contributed by atoms with E-state index in [0.717, 1.165) is 11.0 Å². The molecule has 0 saturated heterocycles. The van der Waals surface area contributed by atoms with E-state index in [9.17, 15) is 22.0 Å². The molecular weight excluding hydrogens is 380 g/mol. The Balaban J connectivity index is 2.41. The molecule has 0 radical (unpaired) electrons. The van der Waals surface area contributed by atoms with Gasteiger partial charge in [0.05, 0.1) is 21.2 Å². The van der Waals surface area contributed by atoms with Gasteiger partial charge in [-0.2, -0.15) is 8.78 Å². The molecule has 2 rings (SSSR count). The highest BCUT2D eigenvalue weighted by atomic mass is 35.5. The maximum Gasteiger partial charge on any atom is 0.341 e. The van der Waals surface area contributed by atoms with Crippen molar-refractivity contribution in [2.75, 3.05) is 11.6 Å². The van der Waals surface area contributed by atoms with E-state index in [2.05, 4.69) is 5.32 Å². The third-order valence-electron chi connectivity index (χ3n) is 3.09.